The van der Waals surface area contributed by atoms with Crippen LogP contribution in [0.15, 0.2) is 0 Å². The SMILES string of the molecule is COCC1(S(=O)(=O)N2CCC(C3(C(=O)O)CCC3)CC2)CC1. The molecule has 3 fully saturated rings. The van der Waals surface area contributed by atoms with E-state index in [1.54, 1.807) is 4.31 Å². The van der Waals surface area contributed by atoms with Crippen molar-refractivity contribution in [2.45, 2.75) is 49.7 Å². The van der Waals surface area contributed by atoms with Crippen LogP contribution in [-0.2, 0) is 19.6 Å². The van der Waals surface area contributed by atoms with E-state index in [0.717, 1.165) is 19.3 Å². The van der Waals surface area contributed by atoms with Gasteiger partial charge in [-0.25, -0.2) is 12.7 Å². The first kappa shape index (κ1) is 16.2. The fourth-order valence-corrected chi connectivity index (χ4v) is 6.28. The molecule has 126 valence electrons. The van der Waals surface area contributed by atoms with Gasteiger partial charge in [0.05, 0.1) is 12.0 Å². The monoisotopic (exact) mass is 331 g/mol. The second-order valence-corrected chi connectivity index (χ2v) is 9.44. The lowest BCUT2D eigenvalue weighted by atomic mass is 9.59. The molecule has 22 heavy (non-hydrogen) atoms. The second kappa shape index (κ2) is 5.46. The van der Waals surface area contributed by atoms with E-state index in [1.807, 2.05) is 0 Å². The first-order valence-corrected chi connectivity index (χ1v) is 9.54. The number of hydrogen-bond donors (Lipinski definition) is 1. The molecule has 3 rings (SSSR count). The summed E-state index contributed by atoms with van der Waals surface area (Å²) >= 11 is 0. The van der Waals surface area contributed by atoms with Gasteiger partial charge in [-0.15, -0.1) is 0 Å². The molecule has 1 aliphatic heterocycles. The third-order valence-electron chi connectivity index (χ3n) is 6.01. The number of sulfonamides is 1. The summed E-state index contributed by atoms with van der Waals surface area (Å²) in [5, 5.41) is 9.52. The first-order chi connectivity index (χ1) is 10.4. The topological polar surface area (TPSA) is 83.9 Å². The van der Waals surface area contributed by atoms with Gasteiger partial charge in [-0.2, -0.15) is 0 Å². The summed E-state index contributed by atoms with van der Waals surface area (Å²) in [6.45, 7) is 1.16. The Bertz CT molecular complexity index is 542. The first-order valence-electron chi connectivity index (χ1n) is 8.10. The highest BCUT2D eigenvalue weighted by molar-refractivity contribution is 7.90. The Hall–Kier alpha value is -0.660. The number of piperidine rings is 1. The average Bonchev–Trinajstić information content (AvgIpc) is 3.19. The number of methoxy groups -OCH3 is 1. The minimum Gasteiger partial charge on any atom is -0.481 e. The summed E-state index contributed by atoms with van der Waals surface area (Å²) < 4.78 is 31.5. The van der Waals surface area contributed by atoms with Crippen LogP contribution >= 0.6 is 0 Å². The van der Waals surface area contributed by atoms with Crippen LogP contribution in [0.4, 0.5) is 0 Å². The largest absolute Gasteiger partial charge is 0.481 e. The Labute approximate surface area is 131 Å². The van der Waals surface area contributed by atoms with Gasteiger partial charge in [-0.05, 0) is 44.4 Å². The molecule has 7 heteroatoms. The second-order valence-electron chi connectivity index (χ2n) is 7.11. The van der Waals surface area contributed by atoms with Crippen molar-refractivity contribution >= 4 is 16.0 Å². The van der Waals surface area contributed by atoms with Crippen molar-refractivity contribution < 1.29 is 23.1 Å². The predicted octanol–water partition coefficient (Wildman–Crippen LogP) is 1.46. The number of hydrogen-bond acceptors (Lipinski definition) is 4. The van der Waals surface area contributed by atoms with E-state index >= 15 is 0 Å². The van der Waals surface area contributed by atoms with E-state index in [-0.39, 0.29) is 12.5 Å². The molecule has 0 atom stereocenters. The summed E-state index contributed by atoms with van der Waals surface area (Å²) in [6.07, 6.45) is 5.12. The molecule has 0 radical (unpaired) electrons. The minimum atomic E-state index is -3.33. The summed E-state index contributed by atoms with van der Waals surface area (Å²) in [7, 11) is -1.79. The zero-order valence-corrected chi connectivity index (χ0v) is 13.9. The van der Waals surface area contributed by atoms with Gasteiger partial charge in [-0.1, -0.05) is 6.42 Å². The number of carboxylic acids is 1. The average molecular weight is 331 g/mol. The van der Waals surface area contributed by atoms with Gasteiger partial charge in [-0.3, -0.25) is 4.79 Å². The number of aliphatic carboxylic acids is 1. The van der Waals surface area contributed by atoms with Crippen molar-refractivity contribution in [1.82, 2.24) is 4.31 Å². The molecule has 2 aliphatic carbocycles. The molecule has 0 aromatic rings. The van der Waals surface area contributed by atoms with Crippen LogP contribution in [0, 0.1) is 11.3 Å². The lowest BCUT2D eigenvalue weighted by Crippen LogP contribution is -2.52. The van der Waals surface area contributed by atoms with Crippen molar-refractivity contribution in [3.05, 3.63) is 0 Å². The highest BCUT2D eigenvalue weighted by atomic mass is 32.2. The smallest absolute Gasteiger partial charge is 0.309 e. The number of nitrogens with zero attached hydrogens (tertiary/aromatic N) is 1. The number of carbonyl (C=O) groups is 1. The molecule has 0 spiro atoms. The van der Waals surface area contributed by atoms with Crippen molar-refractivity contribution in [1.29, 1.82) is 0 Å². The maximum absolute atomic E-state index is 12.8. The van der Waals surface area contributed by atoms with Crippen molar-refractivity contribution in [2.24, 2.45) is 11.3 Å². The highest BCUT2D eigenvalue weighted by Crippen LogP contribution is 2.52. The lowest BCUT2D eigenvalue weighted by Gasteiger charge is -2.47. The van der Waals surface area contributed by atoms with Crippen LogP contribution in [0.5, 0.6) is 0 Å². The van der Waals surface area contributed by atoms with Crippen LogP contribution in [-0.4, -0.2) is 55.4 Å². The van der Waals surface area contributed by atoms with Crippen LogP contribution < -0.4 is 0 Å². The quantitative estimate of drug-likeness (QED) is 0.796. The Balaban J connectivity index is 1.66. The fourth-order valence-electron chi connectivity index (χ4n) is 4.16. The standard InChI is InChI=1S/C15H25NO5S/c1-21-11-14(7-8-14)22(19,20)16-9-3-12(4-10-16)15(13(17)18)5-2-6-15/h12H,2-11H2,1H3,(H,17,18). The fraction of sp³-hybridized carbons (Fsp3) is 0.933. The minimum absolute atomic E-state index is 0.114. The summed E-state index contributed by atoms with van der Waals surface area (Å²) in [5.74, 6) is -0.583. The van der Waals surface area contributed by atoms with Gasteiger partial charge in [0.15, 0.2) is 0 Å². The number of ether oxygens (including phenoxy) is 1. The van der Waals surface area contributed by atoms with Crippen LogP contribution in [0.25, 0.3) is 0 Å². The third kappa shape index (κ3) is 2.29. The Morgan fingerprint density at radius 3 is 2.18 bits per heavy atom. The van der Waals surface area contributed by atoms with Gasteiger partial charge >= 0.3 is 5.97 Å². The lowest BCUT2D eigenvalue weighted by molar-refractivity contribution is -0.161. The summed E-state index contributed by atoms with van der Waals surface area (Å²) in [5.41, 5.74) is -0.584. The molecule has 6 nitrogen and oxygen atoms in total. The van der Waals surface area contributed by atoms with E-state index < -0.39 is 26.2 Å². The maximum Gasteiger partial charge on any atom is 0.309 e. The molecule has 1 saturated heterocycles. The Morgan fingerprint density at radius 1 is 1.23 bits per heavy atom. The van der Waals surface area contributed by atoms with E-state index in [2.05, 4.69) is 0 Å². The van der Waals surface area contributed by atoms with E-state index in [1.165, 1.54) is 7.11 Å². The molecular formula is C15H25NO5S. The zero-order valence-electron chi connectivity index (χ0n) is 13.1. The van der Waals surface area contributed by atoms with Crippen LogP contribution in [0.3, 0.4) is 0 Å². The van der Waals surface area contributed by atoms with Crippen molar-refractivity contribution in [2.75, 3.05) is 26.8 Å². The molecule has 0 bridgehead atoms. The molecule has 0 aromatic heterocycles. The maximum atomic E-state index is 12.8. The molecule has 1 N–H and O–H groups in total. The molecule has 0 amide bonds. The third-order valence-corrected chi connectivity index (χ3v) is 8.67. The van der Waals surface area contributed by atoms with E-state index in [9.17, 15) is 18.3 Å². The van der Waals surface area contributed by atoms with Gasteiger partial charge in [0.25, 0.3) is 0 Å². The zero-order chi connectivity index (χ0) is 16.0. The van der Waals surface area contributed by atoms with Gasteiger partial charge in [0.2, 0.25) is 10.0 Å². The molecule has 0 unspecified atom stereocenters. The molecule has 0 aromatic carbocycles. The number of rotatable bonds is 6. The summed E-state index contributed by atoms with van der Waals surface area (Å²) in [4.78, 5) is 11.6. The van der Waals surface area contributed by atoms with Gasteiger partial charge < -0.3 is 9.84 Å². The Kier molecular flexibility index (Phi) is 4.02. The van der Waals surface area contributed by atoms with Gasteiger partial charge in [0, 0.05) is 20.2 Å². The molecule has 1 heterocycles. The number of carboxylic acid groups (broad SMARTS) is 1. The predicted molar refractivity (Wildman–Crippen MR) is 81.0 cm³/mol. The van der Waals surface area contributed by atoms with Gasteiger partial charge in [0.1, 0.15) is 4.75 Å². The molecule has 2 saturated carbocycles. The molecule has 3 aliphatic rings. The van der Waals surface area contributed by atoms with E-state index in [4.69, 9.17) is 4.74 Å². The molecular weight excluding hydrogens is 306 g/mol. The van der Waals surface area contributed by atoms with E-state index in [0.29, 0.717) is 38.8 Å². The highest BCUT2D eigenvalue weighted by Gasteiger charge is 2.58. The van der Waals surface area contributed by atoms with Crippen molar-refractivity contribution in [3.8, 4) is 0 Å². The normalized spacial score (nSPS) is 28.0. The van der Waals surface area contributed by atoms with Crippen molar-refractivity contribution in [3.63, 3.8) is 0 Å². The van der Waals surface area contributed by atoms with Crippen LogP contribution in [0.1, 0.15) is 44.9 Å². The summed E-state index contributed by atoms with van der Waals surface area (Å²) in [6, 6.07) is 0. The Morgan fingerprint density at radius 2 is 1.82 bits per heavy atom. The van der Waals surface area contributed by atoms with Crippen LogP contribution in [0.2, 0.25) is 0 Å².